The average molecular weight is 257 g/mol. The minimum Gasteiger partial charge on any atom is -0.439 e. The molecule has 100 valence electrons. The third-order valence-corrected chi connectivity index (χ3v) is 2.99. The molecular formula is C16H19NO2. The number of aliphatic hydroxyl groups is 1. The Bertz CT molecular complexity index is 550. The Morgan fingerprint density at radius 2 is 1.89 bits per heavy atom. The van der Waals surface area contributed by atoms with Crippen molar-refractivity contribution in [2.24, 2.45) is 0 Å². The van der Waals surface area contributed by atoms with E-state index < -0.39 is 6.10 Å². The zero-order valence-electron chi connectivity index (χ0n) is 11.5. The molecule has 1 aromatic carbocycles. The third-order valence-electron chi connectivity index (χ3n) is 2.99. The minimum atomic E-state index is -0.600. The topological polar surface area (TPSA) is 42.4 Å². The number of rotatable bonds is 4. The van der Waals surface area contributed by atoms with Gasteiger partial charge >= 0.3 is 0 Å². The summed E-state index contributed by atoms with van der Waals surface area (Å²) in [5.41, 5.74) is 1.91. The monoisotopic (exact) mass is 257 g/mol. The molecule has 0 bridgehead atoms. The van der Waals surface area contributed by atoms with E-state index in [4.69, 9.17) is 4.74 Å². The Balaban J connectivity index is 2.29. The van der Waals surface area contributed by atoms with Crippen LogP contribution < -0.4 is 4.74 Å². The highest BCUT2D eigenvalue weighted by Crippen LogP contribution is 2.28. The van der Waals surface area contributed by atoms with Crippen LogP contribution in [0.3, 0.4) is 0 Å². The zero-order chi connectivity index (χ0) is 13.8. The van der Waals surface area contributed by atoms with Crippen LogP contribution in [0.5, 0.6) is 11.6 Å². The number of nitrogens with zero attached hydrogens (tertiary/aromatic N) is 1. The van der Waals surface area contributed by atoms with Crippen LogP contribution in [0.15, 0.2) is 42.6 Å². The largest absolute Gasteiger partial charge is 0.439 e. The van der Waals surface area contributed by atoms with Crippen LogP contribution in [0.4, 0.5) is 0 Å². The maximum atomic E-state index is 9.71. The van der Waals surface area contributed by atoms with Crippen molar-refractivity contribution < 1.29 is 9.84 Å². The highest BCUT2D eigenvalue weighted by Gasteiger charge is 2.11. The van der Waals surface area contributed by atoms with Crippen LogP contribution in [-0.2, 0) is 0 Å². The Labute approximate surface area is 113 Å². The Morgan fingerprint density at radius 1 is 1.11 bits per heavy atom. The lowest BCUT2D eigenvalue weighted by Crippen LogP contribution is -1.98. The molecule has 19 heavy (non-hydrogen) atoms. The molecule has 1 unspecified atom stereocenters. The fourth-order valence-electron chi connectivity index (χ4n) is 1.86. The molecule has 0 amide bonds. The molecule has 0 saturated heterocycles. The lowest BCUT2D eigenvalue weighted by molar-refractivity contribution is 0.194. The van der Waals surface area contributed by atoms with Crippen molar-refractivity contribution in [2.75, 3.05) is 0 Å². The van der Waals surface area contributed by atoms with E-state index >= 15 is 0 Å². The SMILES string of the molecule is CC(C)c1cccc(Oc2ncccc2C(C)O)c1. The van der Waals surface area contributed by atoms with Gasteiger partial charge in [-0.1, -0.05) is 26.0 Å². The van der Waals surface area contributed by atoms with E-state index in [0.717, 1.165) is 5.75 Å². The standard InChI is InChI=1S/C16H19NO2/c1-11(2)13-6-4-7-14(10-13)19-16-15(12(3)18)8-5-9-17-16/h4-12,18H,1-3H3. The molecule has 0 aliphatic heterocycles. The summed E-state index contributed by atoms with van der Waals surface area (Å²) in [6, 6.07) is 11.6. The van der Waals surface area contributed by atoms with E-state index in [1.165, 1.54) is 5.56 Å². The zero-order valence-corrected chi connectivity index (χ0v) is 11.5. The summed E-state index contributed by atoms with van der Waals surface area (Å²) < 4.78 is 5.79. The van der Waals surface area contributed by atoms with Crippen LogP contribution in [0.2, 0.25) is 0 Å². The van der Waals surface area contributed by atoms with Gasteiger partial charge in [0.2, 0.25) is 5.88 Å². The van der Waals surface area contributed by atoms with Gasteiger partial charge in [0, 0.05) is 11.8 Å². The first-order valence-electron chi connectivity index (χ1n) is 6.48. The Kier molecular flexibility index (Phi) is 4.17. The van der Waals surface area contributed by atoms with Gasteiger partial charge in [-0.05, 0) is 42.7 Å². The molecule has 1 N–H and O–H groups in total. The van der Waals surface area contributed by atoms with Crippen LogP contribution >= 0.6 is 0 Å². The molecule has 2 aromatic rings. The average Bonchev–Trinajstić information content (AvgIpc) is 2.39. The summed E-state index contributed by atoms with van der Waals surface area (Å²) in [6.45, 7) is 5.98. The summed E-state index contributed by atoms with van der Waals surface area (Å²) in [6.07, 6.45) is 1.06. The van der Waals surface area contributed by atoms with Crippen LogP contribution in [0.25, 0.3) is 0 Å². The molecule has 3 nitrogen and oxygen atoms in total. The van der Waals surface area contributed by atoms with Gasteiger partial charge in [-0.2, -0.15) is 0 Å². The first kappa shape index (κ1) is 13.6. The molecule has 1 aromatic heterocycles. The summed E-state index contributed by atoms with van der Waals surface area (Å²) in [4.78, 5) is 4.19. The molecule has 1 heterocycles. The number of aliphatic hydroxyl groups excluding tert-OH is 1. The van der Waals surface area contributed by atoms with Crippen LogP contribution in [0.1, 0.15) is 43.9 Å². The quantitative estimate of drug-likeness (QED) is 0.898. The summed E-state index contributed by atoms with van der Waals surface area (Å²) in [7, 11) is 0. The minimum absolute atomic E-state index is 0.448. The highest BCUT2D eigenvalue weighted by atomic mass is 16.5. The molecule has 0 fully saturated rings. The second-order valence-corrected chi connectivity index (χ2v) is 4.90. The van der Waals surface area contributed by atoms with Crippen molar-refractivity contribution in [3.63, 3.8) is 0 Å². The fraction of sp³-hybridized carbons (Fsp3) is 0.312. The van der Waals surface area contributed by atoms with Gasteiger partial charge in [0.1, 0.15) is 5.75 Å². The van der Waals surface area contributed by atoms with Gasteiger partial charge in [-0.15, -0.1) is 0 Å². The number of pyridine rings is 1. The number of aromatic nitrogens is 1. The van der Waals surface area contributed by atoms with Crippen molar-refractivity contribution in [3.8, 4) is 11.6 Å². The molecule has 3 heteroatoms. The van der Waals surface area contributed by atoms with Gasteiger partial charge in [0.15, 0.2) is 0 Å². The van der Waals surface area contributed by atoms with Gasteiger partial charge < -0.3 is 9.84 Å². The maximum Gasteiger partial charge on any atom is 0.225 e. The summed E-state index contributed by atoms with van der Waals surface area (Å²) in [5.74, 6) is 1.65. The van der Waals surface area contributed by atoms with Crippen molar-refractivity contribution in [1.29, 1.82) is 0 Å². The molecule has 0 aliphatic rings. The third kappa shape index (κ3) is 3.32. The van der Waals surface area contributed by atoms with Crippen molar-refractivity contribution >= 4 is 0 Å². The highest BCUT2D eigenvalue weighted by molar-refractivity contribution is 5.36. The smallest absolute Gasteiger partial charge is 0.225 e. The fourth-order valence-corrected chi connectivity index (χ4v) is 1.86. The molecular weight excluding hydrogens is 238 g/mol. The van der Waals surface area contributed by atoms with E-state index in [9.17, 15) is 5.11 Å². The molecule has 0 aliphatic carbocycles. The second kappa shape index (κ2) is 5.85. The number of hydrogen-bond acceptors (Lipinski definition) is 3. The first-order chi connectivity index (χ1) is 9.08. The van der Waals surface area contributed by atoms with E-state index in [1.54, 1.807) is 19.2 Å². The van der Waals surface area contributed by atoms with Gasteiger partial charge in [0.25, 0.3) is 0 Å². The van der Waals surface area contributed by atoms with Crippen molar-refractivity contribution in [3.05, 3.63) is 53.7 Å². The predicted octanol–water partition coefficient (Wildman–Crippen LogP) is 4.05. The van der Waals surface area contributed by atoms with E-state index in [2.05, 4.69) is 24.9 Å². The van der Waals surface area contributed by atoms with Gasteiger partial charge in [-0.25, -0.2) is 4.98 Å². The van der Waals surface area contributed by atoms with Crippen molar-refractivity contribution in [1.82, 2.24) is 4.98 Å². The van der Waals surface area contributed by atoms with Crippen LogP contribution in [0, 0.1) is 0 Å². The van der Waals surface area contributed by atoms with E-state index in [0.29, 0.717) is 17.4 Å². The molecule has 1 atom stereocenters. The maximum absolute atomic E-state index is 9.71. The van der Waals surface area contributed by atoms with Crippen LogP contribution in [-0.4, -0.2) is 10.1 Å². The van der Waals surface area contributed by atoms with E-state index in [-0.39, 0.29) is 0 Å². The lowest BCUT2D eigenvalue weighted by atomic mass is 10.0. The lowest BCUT2D eigenvalue weighted by Gasteiger charge is -2.13. The molecule has 0 radical (unpaired) electrons. The Hall–Kier alpha value is -1.87. The first-order valence-corrected chi connectivity index (χ1v) is 6.48. The molecule has 2 rings (SSSR count). The van der Waals surface area contributed by atoms with Crippen molar-refractivity contribution in [2.45, 2.75) is 32.8 Å². The van der Waals surface area contributed by atoms with Gasteiger partial charge in [-0.3, -0.25) is 0 Å². The Morgan fingerprint density at radius 3 is 2.58 bits per heavy atom. The normalized spacial score (nSPS) is 12.5. The van der Waals surface area contributed by atoms with Gasteiger partial charge in [0.05, 0.1) is 6.10 Å². The second-order valence-electron chi connectivity index (χ2n) is 4.90. The number of hydrogen-bond donors (Lipinski definition) is 1. The summed E-state index contributed by atoms with van der Waals surface area (Å²) >= 11 is 0. The van der Waals surface area contributed by atoms with E-state index in [1.807, 2.05) is 24.3 Å². The number of benzene rings is 1. The predicted molar refractivity (Wildman–Crippen MR) is 75.5 cm³/mol. The molecule has 0 spiro atoms. The summed E-state index contributed by atoms with van der Waals surface area (Å²) in [5, 5.41) is 9.71. The molecule has 0 saturated carbocycles. The number of ether oxygens (including phenoxy) is 1.